The molecule has 1 unspecified atom stereocenters. The molecule has 9 nitrogen and oxygen atoms in total. The molecule has 2 heterocycles. The summed E-state index contributed by atoms with van der Waals surface area (Å²) in [5.74, 6) is -1.44. The van der Waals surface area contributed by atoms with E-state index in [9.17, 15) is 19.6 Å². The van der Waals surface area contributed by atoms with Crippen LogP contribution in [0.2, 0.25) is 0 Å². The predicted molar refractivity (Wildman–Crippen MR) is 127 cm³/mol. The van der Waals surface area contributed by atoms with Crippen molar-refractivity contribution < 1.29 is 19.0 Å². The van der Waals surface area contributed by atoms with Crippen LogP contribution in [-0.2, 0) is 13.6 Å². The fourth-order valence-corrected chi connectivity index (χ4v) is 3.95. The van der Waals surface area contributed by atoms with E-state index in [0.717, 1.165) is 12.1 Å². The van der Waals surface area contributed by atoms with Crippen molar-refractivity contribution in [3.05, 3.63) is 46.5 Å². The number of pyridine rings is 1. The number of aryl methyl sites for hydroxylation is 1. The molecule has 0 saturated carbocycles. The first kappa shape index (κ1) is 23.8. The number of carboxylic acid groups (broad SMARTS) is 1. The monoisotopic (exact) mass is 448 g/mol. The minimum absolute atomic E-state index is 0.0734. The molecule has 12 heteroatoms. The number of carboxylic acids is 1. The van der Waals surface area contributed by atoms with Crippen LogP contribution < -0.4 is 26.8 Å². The molecule has 3 aromatic rings. The van der Waals surface area contributed by atoms with E-state index in [1.54, 1.807) is 36.7 Å². The summed E-state index contributed by atoms with van der Waals surface area (Å²) in [6.07, 6.45) is -0.841. The molecule has 0 aliphatic heterocycles. The number of rotatable bonds is 7. The Hall–Kier alpha value is -3.84. The summed E-state index contributed by atoms with van der Waals surface area (Å²) >= 11 is 0. The van der Waals surface area contributed by atoms with E-state index >= 15 is 0 Å². The zero-order chi connectivity index (χ0) is 24.4. The van der Waals surface area contributed by atoms with Crippen molar-refractivity contribution in [1.82, 2.24) is 20.1 Å². The fraction of sp³-hybridized carbons (Fsp3) is 0.238. The first-order valence-corrected chi connectivity index (χ1v) is 10.2. The van der Waals surface area contributed by atoms with E-state index in [0.29, 0.717) is 40.1 Å². The van der Waals surface area contributed by atoms with E-state index < -0.39 is 17.9 Å². The van der Waals surface area contributed by atoms with Gasteiger partial charge in [0.15, 0.2) is 19.4 Å². The molecule has 2 aromatic heterocycles. The maximum atomic E-state index is 13.9. The van der Waals surface area contributed by atoms with Gasteiger partial charge in [0.1, 0.15) is 31.5 Å². The number of nitrogens with zero attached hydrogens (tertiary/aromatic N) is 4. The molecule has 0 amide bonds. The molecule has 0 radical (unpaired) electrons. The number of nitriles is 1. The zero-order valence-corrected chi connectivity index (χ0v) is 19.0. The first-order chi connectivity index (χ1) is 15.6. The van der Waals surface area contributed by atoms with E-state index in [1.807, 2.05) is 0 Å². The lowest BCUT2D eigenvalue weighted by Crippen LogP contribution is -2.28. The third kappa shape index (κ3) is 4.40. The van der Waals surface area contributed by atoms with Crippen LogP contribution in [0.1, 0.15) is 40.3 Å². The van der Waals surface area contributed by atoms with E-state index in [-0.39, 0.29) is 22.7 Å². The number of halogens is 1. The molecule has 0 spiro atoms. The Labute approximate surface area is 192 Å². The van der Waals surface area contributed by atoms with Crippen LogP contribution >= 0.6 is 0 Å². The minimum Gasteiger partial charge on any atom is -0.483 e. The highest BCUT2D eigenvalue weighted by atomic mass is 19.1. The second kappa shape index (κ2) is 9.34. The number of nitrogens with one attached hydrogen (secondary N) is 1. The molecule has 3 rings (SSSR count). The van der Waals surface area contributed by atoms with Gasteiger partial charge in [-0.2, -0.15) is 10.4 Å². The average Bonchev–Trinajstić information content (AvgIpc) is 3.05. The van der Waals surface area contributed by atoms with Crippen molar-refractivity contribution in [2.75, 3.05) is 12.8 Å². The minimum atomic E-state index is -1.20. The van der Waals surface area contributed by atoms with Crippen molar-refractivity contribution in [2.24, 2.45) is 7.05 Å². The van der Waals surface area contributed by atoms with Gasteiger partial charge in [-0.25, -0.2) is 14.2 Å². The fourth-order valence-electron chi connectivity index (χ4n) is 3.95. The number of carbonyl (C=O) groups is 1. The molecule has 0 aliphatic rings. The summed E-state index contributed by atoms with van der Waals surface area (Å²) in [4.78, 5) is 16.0. The van der Waals surface area contributed by atoms with E-state index in [1.165, 1.54) is 10.7 Å². The lowest BCUT2D eigenvalue weighted by Gasteiger charge is -2.22. The number of hydrogen-bond acceptors (Lipinski definition) is 7. The predicted octanol–water partition coefficient (Wildman–Crippen LogP) is -0.851. The molecule has 0 aliphatic carbocycles. The highest BCUT2D eigenvalue weighted by Gasteiger charge is 2.26. The summed E-state index contributed by atoms with van der Waals surface area (Å²) in [7, 11) is 7.02. The molecule has 168 valence electrons. The number of hydrogen-bond donors (Lipinski definition) is 3. The van der Waals surface area contributed by atoms with Gasteiger partial charge >= 0.3 is 5.97 Å². The number of ether oxygens (including phenoxy) is 1. The van der Waals surface area contributed by atoms with Crippen LogP contribution in [0.4, 0.5) is 10.2 Å². The Bertz CT molecular complexity index is 1290. The Kier molecular flexibility index (Phi) is 6.74. The molecule has 33 heavy (non-hydrogen) atoms. The standard InChI is InChI=1S/C21H23B2FN6O3/c1-9(12-6-10(24)4-5-11(12)21(31)32)33-18-17(22)16(19(23)28-20(18)26)15-13(8-27-2)29-30(3)14(15)7-25/h4-6,9,27H,8,22-23H2,1-3H3,(H2,26,28)(H,31,32). The number of benzene rings is 1. The third-order valence-electron chi connectivity index (χ3n) is 5.39. The Morgan fingerprint density at radius 3 is 2.73 bits per heavy atom. The highest BCUT2D eigenvalue weighted by molar-refractivity contribution is 6.45. The number of nitrogens with two attached hydrogens (primary N) is 1. The van der Waals surface area contributed by atoms with Crippen LogP contribution in [-0.4, -0.2) is 48.6 Å². The van der Waals surface area contributed by atoms with Crippen LogP contribution in [0.15, 0.2) is 18.2 Å². The smallest absolute Gasteiger partial charge is 0.336 e. The van der Waals surface area contributed by atoms with Gasteiger partial charge in [0, 0.05) is 30.3 Å². The highest BCUT2D eigenvalue weighted by Crippen LogP contribution is 2.31. The molecule has 4 N–H and O–H groups in total. The van der Waals surface area contributed by atoms with Crippen molar-refractivity contribution in [1.29, 1.82) is 5.26 Å². The van der Waals surface area contributed by atoms with Gasteiger partial charge in [0.2, 0.25) is 0 Å². The summed E-state index contributed by atoms with van der Waals surface area (Å²) in [5, 5.41) is 26.7. The Morgan fingerprint density at radius 1 is 1.42 bits per heavy atom. The molecular weight excluding hydrogens is 425 g/mol. The zero-order valence-electron chi connectivity index (χ0n) is 19.0. The Morgan fingerprint density at radius 2 is 2.12 bits per heavy atom. The topological polar surface area (TPSA) is 139 Å². The summed E-state index contributed by atoms with van der Waals surface area (Å²) in [6.45, 7) is 2.03. The third-order valence-corrected chi connectivity index (χ3v) is 5.39. The van der Waals surface area contributed by atoms with Crippen LogP contribution in [0.3, 0.4) is 0 Å². The number of aromatic carboxylic acids is 1. The van der Waals surface area contributed by atoms with Crippen molar-refractivity contribution >= 4 is 38.5 Å². The molecule has 0 bridgehead atoms. The normalized spacial score (nSPS) is 11.7. The molecule has 0 saturated heterocycles. The van der Waals surface area contributed by atoms with Gasteiger partial charge in [-0.1, -0.05) is 0 Å². The molecule has 1 atom stereocenters. The van der Waals surface area contributed by atoms with Crippen molar-refractivity contribution in [2.45, 2.75) is 19.6 Å². The molecule has 1 aromatic carbocycles. The number of nitrogen functional groups attached to an aromatic ring is 1. The molecule has 0 fully saturated rings. The lowest BCUT2D eigenvalue weighted by molar-refractivity contribution is 0.0691. The second-order valence-corrected chi connectivity index (χ2v) is 7.64. The first-order valence-electron chi connectivity index (χ1n) is 10.2. The van der Waals surface area contributed by atoms with Gasteiger partial charge in [-0.15, -0.1) is 0 Å². The lowest BCUT2D eigenvalue weighted by atomic mass is 9.80. The van der Waals surface area contributed by atoms with Gasteiger partial charge < -0.3 is 20.9 Å². The van der Waals surface area contributed by atoms with E-state index in [4.69, 9.17) is 10.5 Å². The number of anilines is 1. The van der Waals surface area contributed by atoms with Crippen LogP contribution in [0.5, 0.6) is 5.75 Å². The number of aromatic nitrogens is 3. The largest absolute Gasteiger partial charge is 0.483 e. The van der Waals surface area contributed by atoms with Gasteiger partial charge in [0.25, 0.3) is 0 Å². The van der Waals surface area contributed by atoms with Crippen molar-refractivity contribution in [3.63, 3.8) is 0 Å². The quantitative estimate of drug-likeness (QED) is 0.398. The van der Waals surface area contributed by atoms with Crippen molar-refractivity contribution in [3.8, 4) is 22.9 Å². The SMILES string of the molecule is Bc1nc(N)c(OC(C)c2cc(F)ccc2C(=O)O)c(B)c1-c1c(CNC)nn(C)c1C#N. The van der Waals surface area contributed by atoms with Gasteiger partial charge in [-0.05, 0) is 43.2 Å². The van der Waals surface area contributed by atoms with Crippen LogP contribution in [0.25, 0.3) is 11.1 Å². The molecular formula is C21H23B2FN6O3. The second-order valence-electron chi connectivity index (χ2n) is 7.64. The van der Waals surface area contributed by atoms with E-state index in [2.05, 4.69) is 21.5 Å². The van der Waals surface area contributed by atoms with Gasteiger partial charge in [-0.3, -0.25) is 4.68 Å². The summed E-state index contributed by atoms with van der Waals surface area (Å²) in [6, 6.07) is 5.59. The maximum Gasteiger partial charge on any atom is 0.336 e. The van der Waals surface area contributed by atoms with Crippen LogP contribution in [0, 0.1) is 17.1 Å². The Balaban J connectivity index is 2.17. The van der Waals surface area contributed by atoms with Gasteiger partial charge in [0.05, 0.1) is 11.3 Å². The summed E-state index contributed by atoms with van der Waals surface area (Å²) < 4.78 is 21.4. The summed E-state index contributed by atoms with van der Waals surface area (Å²) in [5.41, 5.74) is 9.75. The maximum absolute atomic E-state index is 13.9. The average molecular weight is 448 g/mol.